The van der Waals surface area contributed by atoms with Gasteiger partial charge in [-0.15, -0.1) is 0 Å². The lowest BCUT2D eigenvalue weighted by Crippen LogP contribution is -2.53. The minimum Gasteiger partial charge on any atom is -0.480 e. The number of aliphatic carboxylic acids is 1. The van der Waals surface area contributed by atoms with Gasteiger partial charge in [0.05, 0.1) is 12.6 Å². The van der Waals surface area contributed by atoms with Gasteiger partial charge in [0.25, 0.3) is 0 Å². The summed E-state index contributed by atoms with van der Waals surface area (Å²) in [6.07, 6.45) is 0.515. The van der Waals surface area contributed by atoms with Crippen LogP contribution in [0.2, 0.25) is 0 Å². The molecule has 14 heteroatoms. The summed E-state index contributed by atoms with van der Waals surface area (Å²) in [5, 5.41) is 16.2. The van der Waals surface area contributed by atoms with Gasteiger partial charge in [-0.2, -0.15) is 0 Å². The molecule has 0 fully saturated rings. The number of guanidine groups is 1. The van der Waals surface area contributed by atoms with Gasteiger partial charge in [0.2, 0.25) is 23.6 Å². The molecule has 4 amide bonds. The van der Waals surface area contributed by atoms with Crippen molar-refractivity contribution >= 4 is 35.6 Å². The number of rotatable bonds is 16. The van der Waals surface area contributed by atoms with E-state index in [-0.39, 0.29) is 37.7 Å². The Kier molecular flexibility index (Phi) is 13.8. The maximum absolute atomic E-state index is 12.6. The van der Waals surface area contributed by atoms with Gasteiger partial charge in [0.1, 0.15) is 12.1 Å². The number of hydrogen-bond acceptors (Lipinski definition) is 7. The summed E-state index contributed by atoms with van der Waals surface area (Å²) in [5.74, 6) is -3.97. The van der Waals surface area contributed by atoms with E-state index in [9.17, 15) is 24.0 Å². The third-order valence-electron chi connectivity index (χ3n) is 4.38. The molecule has 0 aromatic carbocycles. The van der Waals surface area contributed by atoms with Crippen LogP contribution in [-0.4, -0.2) is 71.9 Å². The monoisotopic (exact) mass is 472 g/mol. The zero-order valence-corrected chi connectivity index (χ0v) is 19.0. The molecule has 0 heterocycles. The third kappa shape index (κ3) is 14.3. The summed E-state index contributed by atoms with van der Waals surface area (Å²) in [6, 6.07) is -3.17. The predicted octanol–water partition coefficient (Wildman–Crippen LogP) is -3.15. The molecule has 0 saturated heterocycles. The standard InChI is InChI=1S/C19H36N8O6/c1-10(2)8-11(20)16(30)27-12(4-3-7-24-19(22)23)17(31)25-9-15(29)26-13(18(32)33)5-6-14(21)28/h10-13H,3-9,20H2,1-2H3,(H2,21,28)(H,25,31)(H,26,29)(H,27,30)(H,32,33)(H4,22,23,24). The van der Waals surface area contributed by atoms with Crippen molar-refractivity contribution in [2.24, 2.45) is 33.8 Å². The highest BCUT2D eigenvalue weighted by Crippen LogP contribution is 2.05. The molecule has 0 aliphatic heterocycles. The van der Waals surface area contributed by atoms with Crippen molar-refractivity contribution in [2.45, 2.75) is 64.1 Å². The summed E-state index contributed by atoms with van der Waals surface area (Å²) < 4.78 is 0. The van der Waals surface area contributed by atoms with E-state index in [1.165, 1.54) is 0 Å². The van der Waals surface area contributed by atoms with E-state index < -0.39 is 54.3 Å². The quantitative estimate of drug-likeness (QED) is 0.0639. The van der Waals surface area contributed by atoms with Gasteiger partial charge in [-0.25, -0.2) is 4.79 Å². The fraction of sp³-hybridized carbons (Fsp3) is 0.684. The van der Waals surface area contributed by atoms with Crippen molar-refractivity contribution in [2.75, 3.05) is 13.1 Å². The first-order valence-corrected chi connectivity index (χ1v) is 10.5. The zero-order chi connectivity index (χ0) is 25.6. The fourth-order valence-corrected chi connectivity index (χ4v) is 2.75. The van der Waals surface area contributed by atoms with Crippen LogP contribution in [0.4, 0.5) is 0 Å². The lowest BCUT2D eigenvalue weighted by Gasteiger charge is -2.21. The van der Waals surface area contributed by atoms with Crippen molar-refractivity contribution in [3.63, 3.8) is 0 Å². The lowest BCUT2D eigenvalue weighted by atomic mass is 10.0. The highest BCUT2D eigenvalue weighted by molar-refractivity contribution is 5.92. The second-order valence-electron chi connectivity index (χ2n) is 7.93. The molecule has 14 nitrogen and oxygen atoms in total. The van der Waals surface area contributed by atoms with Crippen molar-refractivity contribution < 1.29 is 29.1 Å². The van der Waals surface area contributed by atoms with Gasteiger partial charge in [-0.3, -0.25) is 24.2 Å². The molecule has 0 bridgehead atoms. The number of nitrogens with two attached hydrogens (primary N) is 4. The molecule has 12 N–H and O–H groups in total. The number of carboxylic acids is 1. The summed E-state index contributed by atoms with van der Waals surface area (Å²) in [7, 11) is 0. The van der Waals surface area contributed by atoms with E-state index in [0.29, 0.717) is 12.8 Å². The van der Waals surface area contributed by atoms with E-state index in [2.05, 4.69) is 20.9 Å². The van der Waals surface area contributed by atoms with Crippen LogP contribution < -0.4 is 38.9 Å². The molecule has 0 saturated carbocycles. The second-order valence-corrected chi connectivity index (χ2v) is 7.93. The Balaban J connectivity index is 4.98. The molecule has 0 radical (unpaired) electrons. The van der Waals surface area contributed by atoms with Gasteiger partial charge in [-0.05, 0) is 31.6 Å². The Hall–Kier alpha value is -3.42. The van der Waals surface area contributed by atoms with Crippen molar-refractivity contribution in [1.82, 2.24) is 16.0 Å². The van der Waals surface area contributed by atoms with Crippen molar-refractivity contribution in [3.05, 3.63) is 0 Å². The smallest absolute Gasteiger partial charge is 0.326 e. The highest BCUT2D eigenvalue weighted by atomic mass is 16.4. The Morgan fingerprint density at radius 1 is 0.939 bits per heavy atom. The van der Waals surface area contributed by atoms with Crippen LogP contribution in [0.15, 0.2) is 4.99 Å². The summed E-state index contributed by atoms with van der Waals surface area (Å²) >= 11 is 0. The summed E-state index contributed by atoms with van der Waals surface area (Å²) in [6.45, 7) is 3.48. The first-order chi connectivity index (χ1) is 15.3. The van der Waals surface area contributed by atoms with Crippen LogP contribution in [0.25, 0.3) is 0 Å². The minimum atomic E-state index is -1.35. The molecule has 0 aromatic heterocycles. The largest absolute Gasteiger partial charge is 0.480 e. The number of hydrogen-bond donors (Lipinski definition) is 8. The number of primary amides is 1. The zero-order valence-electron chi connectivity index (χ0n) is 19.0. The molecule has 0 aliphatic rings. The first-order valence-electron chi connectivity index (χ1n) is 10.5. The van der Waals surface area contributed by atoms with Crippen LogP contribution in [0.5, 0.6) is 0 Å². The number of carbonyl (C=O) groups excluding carboxylic acids is 4. The molecule has 3 atom stereocenters. The molecule has 0 rings (SSSR count). The van der Waals surface area contributed by atoms with E-state index in [1.807, 2.05) is 13.8 Å². The van der Waals surface area contributed by atoms with E-state index >= 15 is 0 Å². The number of amides is 4. The maximum atomic E-state index is 12.6. The fourth-order valence-electron chi connectivity index (χ4n) is 2.75. The highest BCUT2D eigenvalue weighted by Gasteiger charge is 2.25. The normalized spacial score (nSPS) is 13.3. The van der Waals surface area contributed by atoms with Crippen LogP contribution in [0, 0.1) is 5.92 Å². The van der Waals surface area contributed by atoms with Crippen LogP contribution in [0.1, 0.15) is 46.0 Å². The average Bonchev–Trinajstić information content (AvgIpc) is 2.70. The molecule has 0 aliphatic carbocycles. The Bertz CT molecular complexity index is 723. The minimum absolute atomic E-state index is 0.111. The molecule has 188 valence electrons. The lowest BCUT2D eigenvalue weighted by molar-refractivity contribution is -0.142. The maximum Gasteiger partial charge on any atom is 0.326 e. The van der Waals surface area contributed by atoms with Crippen molar-refractivity contribution in [1.29, 1.82) is 0 Å². The van der Waals surface area contributed by atoms with E-state index in [0.717, 1.165) is 0 Å². The SMILES string of the molecule is CC(C)CC(N)C(=O)NC(CCCN=C(N)N)C(=O)NCC(=O)NC(CCC(N)=O)C(=O)O. The molecular formula is C19H36N8O6. The topological polar surface area (TPSA) is 258 Å². The number of carbonyl (C=O) groups is 5. The molecule has 33 heavy (non-hydrogen) atoms. The molecular weight excluding hydrogens is 436 g/mol. The Labute approximate surface area is 192 Å². The van der Waals surface area contributed by atoms with Gasteiger partial charge >= 0.3 is 5.97 Å². The third-order valence-corrected chi connectivity index (χ3v) is 4.38. The summed E-state index contributed by atoms with van der Waals surface area (Å²) in [4.78, 5) is 62.9. The Morgan fingerprint density at radius 3 is 2.09 bits per heavy atom. The van der Waals surface area contributed by atoms with Crippen molar-refractivity contribution in [3.8, 4) is 0 Å². The van der Waals surface area contributed by atoms with Gasteiger partial charge < -0.3 is 44.0 Å². The molecule has 0 spiro atoms. The predicted molar refractivity (Wildman–Crippen MR) is 120 cm³/mol. The number of nitrogens with one attached hydrogen (secondary N) is 3. The second kappa shape index (κ2) is 15.4. The van der Waals surface area contributed by atoms with Crippen LogP contribution in [-0.2, 0) is 24.0 Å². The van der Waals surface area contributed by atoms with Gasteiger partial charge in [-0.1, -0.05) is 13.8 Å². The number of carboxylic acid groups (broad SMARTS) is 1. The van der Waals surface area contributed by atoms with E-state index in [4.69, 9.17) is 28.0 Å². The number of nitrogens with zero attached hydrogens (tertiary/aromatic N) is 1. The van der Waals surface area contributed by atoms with E-state index in [1.54, 1.807) is 0 Å². The molecule has 0 aromatic rings. The van der Waals surface area contributed by atoms with Crippen LogP contribution >= 0.6 is 0 Å². The average molecular weight is 473 g/mol. The molecule has 3 unspecified atom stereocenters. The van der Waals surface area contributed by atoms with Gasteiger partial charge in [0, 0.05) is 13.0 Å². The van der Waals surface area contributed by atoms with Crippen LogP contribution in [0.3, 0.4) is 0 Å². The first kappa shape index (κ1) is 29.6. The summed E-state index contributed by atoms with van der Waals surface area (Å²) in [5.41, 5.74) is 21.4. The Morgan fingerprint density at radius 2 is 1.58 bits per heavy atom. The number of aliphatic imine (C=N–C) groups is 1. The van der Waals surface area contributed by atoms with Gasteiger partial charge in [0.15, 0.2) is 5.96 Å².